The number of aryl methyl sites for hydroxylation is 1. The molecule has 1 amide bonds. The van der Waals surface area contributed by atoms with Crippen LogP contribution in [0.25, 0.3) is 10.8 Å². The van der Waals surface area contributed by atoms with Gasteiger partial charge in [0.2, 0.25) is 5.91 Å². The molecule has 0 saturated heterocycles. The van der Waals surface area contributed by atoms with Crippen LogP contribution in [0.15, 0.2) is 53.3 Å². The fourth-order valence-electron chi connectivity index (χ4n) is 2.93. The predicted molar refractivity (Wildman–Crippen MR) is 106 cm³/mol. The molecule has 0 unspecified atom stereocenters. The molecule has 28 heavy (non-hydrogen) atoms. The van der Waals surface area contributed by atoms with Crippen LogP contribution in [0, 0.1) is 6.92 Å². The van der Waals surface area contributed by atoms with Crippen LogP contribution in [0.5, 0.6) is 0 Å². The van der Waals surface area contributed by atoms with Gasteiger partial charge < -0.3 is 10.1 Å². The van der Waals surface area contributed by atoms with E-state index >= 15 is 0 Å². The Hall–Kier alpha value is -3.48. The Morgan fingerprint density at radius 2 is 1.75 bits per heavy atom. The van der Waals surface area contributed by atoms with Gasteiger partial charge in [-0.1, -0.05) is 36.4 Å². The molecule has 3 aromatic rings. The normalized spacial score (nSPS) is 10.6. The summed E-state index contributed by atoms with van der Waals surface area (Å²) in [5, 5.41) is 8.04. The number of hydrogen-bond donors (Lipinski definition) is 1. The maximum absolute atomic E-state index is 12.8. The van der Waals surface area contributed by atoms with E-state index < -0.39 is 5.97 Å². The van der Waals surface area contributed by atoms with E-state index in [1.807, 2.05) is 25.1 Å². The third kappa shape index (κ3) is 4.25. The van der Waals surface area contributed by atoms with Gasteiger partial charge in [0.1, 0.15) is 6.54 Å². The fourth-order valence-corrected chi connectivity index (χ4v) is 2.93. The maximum atomic E-state index is 12.8. The van der Waals surface area contributed by atoms with Gasteiger partial charge in [0.25, 0.3) is 5.56 Å². The van der Waals surface area contributed by atoms with Crippen molar-refractivity contribution in [3.05, 3.63) is 70.1 Å². The highest BCUT2D eigenvalue weighted by atomic mass is 16.5. The van der Waals surface area contributed by atoms with Crippen LogP contribution >= 0.6 is 0 Å². The van der Waals surface area contributed by atoms with Gasteiger partial charge in [-0.15, -0.1) is 0 Å². The van der Waals surface area contributed by atoms with Gasteiger partial charge in [0.05, 0.1) is 24.1 Å². The molecule has 1 N–H and O–H groups in total. The minimum absolute atomic E-state index is 0.0754. The topological polar surface area (TPSA) is 90.3 Å². The number of hydrogen-bond acceptors (Lipinski definition) is 5. The van der Waals surface area contributed by atoms with Gasteiger partial charge in [0.15, 0.2) is 0 Å². The fraction of sp³-hybridized carbons (Fsp3) is 0.238. The third-order valence-corrected chi connectivity index (χ3v) is 4.27. The molecular formula is C21H21N3O4. The second-order valence-corrected chi connectivity index (χ2v) is 6.30. The molecule has 0 atom stereocenters. The molecule has 7 nitrogen and oxygen atoms in total. The monoisotopic (exact) mass is 379 g/mol. The smallest absolute Gasteiger partial charge is 0.311 e. The van der Waals surface area contributed by atoms with Gasteiger partial charge in [-0.05, 0) is 31.5 Å². The van der Waals surface area contributed by atoms with E-state index in [4.69, 9.17) is 4.74 Å². The molecule has 0 bridgehead atoms. The SMILES string of the molecule is CCOC(=O)Cc1nn(CC(=O)Nc2ccccc2C)c(=O)c2ccccc12. The Bertz CT molecular complexity index is 1090. The highest BCUT2D eigenvalue weighted by Gasteiger charge is 2.16. The summed E-state index contributed by atoms with van der Waals surface area (Å²) in [7, 11) is 0. The summed E-state index contributed by atoms with van der Waals surface area (Å²) in [6.45, 7) is 3.61. The molecule has 2 aromatic carbocycles. The quantitative estimate of drug-likeness (QED) is 0.665. The summed E-state index contributed by atoms with van der Waals surface area (Å²) >= 11 is 0. The highest BCUT2D eigenvalue weighted by Crippen LogP contribution is 2.15. The number of carbonyl (C=O) groups is 2. The van der Waals surface area contributed by atoms with Crippen molar-refractivity contribution in [1.82, 2.24) is 9.78 Å². The molecule has 0 fully saturated rings. The zero-order valence-electron chi connectivity index (χ0n) is 15.8. The lowest BCUT2D eigenvalue weighted by Gasteiger charge is -2.12. The van der Waals surface area contributed by atoms with Gasteiger partial charge in [0, 0.05) is 11.1 Å². The Kier molecular flexibility index (Phi) is 5.84. The molecule has 3 rings (SSSR count). The molecule has 0 radical (unpaired) electrons. The zero-order valence-corrected chi connectivity index (χ0v) is 15.8. The maximum Gasteiger partial charge on any atom is 0.311 e. The average molecular weight is 379 g/mol. The number of nitrogens with zero attached hydrogens (tertiary/aromatic N) is 2. The second-order valence-electron chi connectivity index (χ2n) is 6.30. The molecule has 1 heterocycles. The van der Waals surface area contributed by atoms with Crippen molar-refractivity contribution in [2.45, 2.75) is 26.8 Å². The number of para-hydroxylation sites is 1. The van der Waals surface area contributed by atoms with Crippen molar-refractivity contribution < 1.29 is 14.3 Å². The van der Waals surface area contributed by atoms with Crippen molar-refractivity contribution in [3.63, 3.8) is 0 Å². The summed E-state index contributed by atoms with van der Waals surface area (Å²) in [6, 6.07) is 14.3. The molecule has 7 heteroatoms. The number of esters is 1. The van der Waals surface area contributed by atoms with Gasteiger partial charge in [-0.2, -0.15) is 5.10 Å². The summed E-state index contributed by atoms with van der Waals surface area (Å²) < 4.78 is 6.08. The number of aromatic nitrogens is 2. The highest BCUT2D eigenvalue weighted by molar-refractivity contribution is 5.92. The minimum atomic E-state index is -0.435. The summed E-state index contributed by atoms with van der Waals surface area (Å²) in [5.41, 5.74) is 1.60. The van der Waals surface area contributed by atoms with Gasteiger partial charge >= 0.3 is 5.97 Å². The molecular weight excluding hydrogens is 358 g/mol. The second kappa shape index (κ2) is 8.47. The number of benzene rings is 2. The minimum Gasteiger partial charge on any atom is -0.466 e. The van der Waals surface area contributed by atoms with Crippen molar-refractivity contribution in [2.24, 2.45) is 0 Å². The number of nitrogens with one attached hydrogen (secondary N) is 1. The lowest BCUT2D eigenvalue weighted by Crippen LogP contribution is -2.31. The number of rotatable bonds is 6. The first-order chi connectivity index (χ1) is 13.5. The van der Waals surface area contributed by atoms with E-state index in [1.54, 1.807) is 37.3 Å². The van der Waals surface area contributed by atoms with Crippen LogP contribution < -0.4 is 10.9 Å². The number of carbonyl (C=O) groups excluding carboxylic acids is 2. The van der Waals surface area contributed by atoms with Gasteiger partial charge in [-0.25, -0.2) is 4.68 Å². The Morgan fingerprint density at radius 3 is 2.46 bits per heavy atom. The molecule has 0 aliphatic rings. The van der Waals surface area contributed by atoms with E-state index in [2.05, 4.69) is 10.4 Å². The van der Waals surface area contributed by atoms with Crippen LogP contribution in [0.1, 0.15) is 18.2 Å². The van der Waals surface area contributed by atoms with Crippen LogP contribution in [0.4, 0.5) is 5.69 Å². The molecule has 0 aliphatic heterocycles. The van der Waals surface area contributed by atoms with Crippen LogP contribution in [0.2, 0.25) is 0 Å². The first-order valence-corrected chi connectivity index (χ1v) is 8.99. The van der Waals surface area contributed by atoms with E-state index in [-0.39, 0.29) is 31.0 Å². The van der Waals surface area contributed by atoms with Crippen LogP contribution in [-0.4, -0.2) is 28.3 Å². The Morgan fingerprint density at radius 1 is 1.07 bits per heavy atom. The number of amides is 1. The third-order valence-electron chi connectivity index (χ3n) is 4.27. The molecule has 0 saturated carbocycles. The van der Waals surface area contributed by atoms with Crippen molar-refractivity contribution in [1.29, 1.82) is 0 Å². The first-order valence-electron chi connectivity index (χ1n) is 8.99. The summed E-state index contributed by atoms with van der Waals surface area (Å²) in [5.74, 6) is -0.809. The summed E-state index contributed by atoms with van der Waals surface area (Å²) in [4.78, 5) is 37.1. The van der Waals surface area contributed by atoms with Gasteiger partial charge in [-0.3, -0.25) is 14.4 Å². The zero-order chi connectivity index (χ0) is 20.1. The number of anilines is 1. The van der Waals surface area contributed by atoms with E-state index in [1.165, 1.54) is 0 Å². The molecule has 144 valence electrons. The standard InChI is InChI=1S/C21H21N3O4/c1-3-28-20(26)12-18-15-9-5-6-10-16(15)21(27)24(23-18)13-19(25)22-17-11-7-4-8-14(17)2/h4-11H,3,12-13H2,1-2H3,(H,22,25). The Labute approximate surface area is 161 Å². The first kappa shape index (κ1) is 19.3. The van der Waals surface area contributed by atoms with Crippen molar-refractivity contribution in [2.75, 3.05) is 11.9 Å². The van der Waals surface area contributed by atoms with E-state index in [9.17, 15) is 14.4 Å². The largest absolute Gasteiger partial charge is 0.466 e. The summed E-state index contributed by atoms with van der Waals surface area (Å²) in [6.07, 6.45) is -0.0754. The van der Waals surface area contributed by atoms with Crippen molar-refractivity contribution >= 4 is 28.3 Å². The van der Waals surface area contributed by atoms with Crippen LogP contribution in [-0.2, 0) is 27.3 Å². The number of ether oxygens (including phenoxy) is 1. The molecule has 0 aliphatic carbocycles. The average Bonchev–Trinajstić information content (AvgIpc) is 2.67. The lowest BCUT2D eigenvalue weighted by molar-refractivity contribution is -0.142. The predicted octanol–water partition coefficient (Wildman–Crippen LogP) is 2.45. The molecule has 0 spiro atoms. The van der Waals surface area contributed by atoms with Crippen LogP contribution in [0.3, 0.4) is 0 Å². The van der Waals surface area contributed by atoms with E-state index in [0.717, 1.165) is 10.2 Å². The Balaban J connectivity index is 1.93. The number of fused-ring (bicyclic) bond motifs is 1. The lowest BCUT2D eigenvalue weighted by atomic mass is 10.1. The molecule has 1 aromatic heterocycles. The van der Waals surface area contributed by atoms with Crippen molar-refractivity contribution in [3.8, 4) is 0 Å². The van der Waals surface area contributed by atoms with E-state index in [0.29, 0.717) is 22.2 Å².